The third-order valence-electron chi connectivity index (χ3n) is 3.93. The van der Waals surface area contributed by atoms with Crippen LogP contribution in [0.4, 0.5) is 0 Å². The zero-order valence-electron chi connectivity index (χ0n) is 11.4. The fourth-order valence-corrected chi connectivity index (χ4v) is 3.00. The summed E-state index contributed by atoms with van der Waals surface area (Å²) in [7, 11) is 1.58. The first-order valence-electron chi connectivity index (χ1n) is 6.82. The fraction of sp³-hybridized carbons (Fsp3) is 0.294. The lowest BCUT2D eigenvalue weighted by atomic mass is 9.98. The summed E-state index contributed by atoms with van der Waals surface area (Å²) in [6, 6.07) is 11.6. The molecule has 0 amide bonds. The van der Waals surface area contributed by atoms with Crippen LogP contribution in [0.3, 0.4) is 0 Å². The minimum atomic E-state index is -0.646. The van der Waals surface area contributed by atoms with Crippen molar-refractivity contribution in [1.29, 1.82) is 0 Å². The summed E-state index contributed by atoms with van der Waals surface area (Å²) in [6.07, 6.45) is 2.83. The molecule has 1 unspecified atom stereocenters. The summed E-state index contributed by atoms with van der Waals surface area (Å²) in [5, 5.41) is 11.1. The average molecular weight is 289 g/mol. The quantitative estimate of drug-likeness (QED) is 0.927. The fourth-order valence-electron chi connectivity index (χ4n) is 2.80. The molecule has 2 aromatic carbocycles. The highest BCUT2D eigenvalue weighted by Gasteiger charge is 2.16. The summed E-state index contributed by atoms with van der Waals surface area (Å²) in [5.74, 6) is 0.587. The predicted octanol–water partition coefficient (Wildman–Crippen LogP) is 3.92. The van der Waals surface area contributed by atoms with Crippen LogP contribution in [0.5, 0.6) is 5.75 Å². The third-order valence-corrected chi connectivity index (χ3v) is 4.24. The van der Waals surface area contributed by atoms with Gasteiger partial charge < -0.3 is 9.84 Å². The van der Waals surface area contributed by atoms with Gasteiger partial charge in [0.05, 0.1) is 12.1 Å². The SMILES string of the molecule is COc1cc(C(O)c2ccc3c(c2)CCC3)ccc1Cl. The van der Waals surface area contributed by atoms with Crippen LogP contribution in [0, 0.1) is 0 Å². The number of aliphatic hydroxyl groups excluding tert-OH is 1. The van der Waals surface area contributed by atoms with Gasteiger partial charge >= 0.3 is 0 Å². The van der Waals surface area contributed by atoms with Crippen molar-refractivity contribution in [3.05, 3.63) is 63.7 Å². The smallest absolute Gasteiger partial charge is 0.137 e. The second-order valence-electron chi connectivity index (χ2n) is 5.18. The van der Waals surface area contributed by atoms with E-state index in [1.807, 2.05) is 12.1 Å². The molecular formula is C17H17ClO2. The Kier molecular flexibility index (Phi) is 3.68. The first-order valence-corrected chi connectivity index (χ1v) is 7.20. The molecule has 3 rings (SSSR count). The van der Waals surface area contributed by atoms with Gasteiger partial charge in [-0.25, -0.2) is 0 Å². The number of hydrogen-bond acceptors (Lipinski definition) is 2. The molecule has 0 fully saturated rings. The second-order valence-corrected chi connectivity index (χ2v) is 5.59. The molecule has 0 aliphatic heterocycles. The molecule has 0 spiro atoms. The summed E-state index contributed by atoms with van der Waals surface area (Å²) in [4.78, 5) is 0. The molecule has 1 aliphatic rings. The molecule has 0 heterocycles. The molecule has 1 N–H and O–H groups in total. The van der Waals surface area contributed by atoms with Crippen molar-refractivity contribution in [2.75, 3.05) is 7.11 Å². The Morgan fingerprint density at radius 3 is 2.55 bits per heavy atom. The van der Waals surface area contributed by atoms with E-state index in [1.54, 1.807) is 19.2 Å². The van der Waals surface area contributed by atoms with Crippen LogP contribution in [0.2, 0.25) is 5.02 Å². The van der Waals surface area contributed by atoms with E-state index in [0.29, 0.717) is 10.8 Å². The lowest BCUT2D eigenvalue weighted by molar-refractivity contribution is 0.219. The van der Waals surface area contributed by atoms with Gasteiger partial charge in [0.25, 0.3) is 0 Å². The summed E-state index contributed by atoms with van der Waals surface area (Å²) in [5.41, 5.74) is 4.50. The van der Waals surface area contributed by atoms with E-state index in [-0.39, 0.29) is 0 Å². The highest BCUT2D eigenvalue weighted by Crippen LogP contribution is 2.32. The van der Waals surface area contributed by atoms with Crippen LogP contribution in [-0.2, 0) is 12.8 Å². The van der Waals surface area contributed by atoms with E-state index in [0.717, 1.165) is 24.0 Å². The van der Waals surface area contributed by atoms with Crippen LogP contribution in [0.1, 0.15) is 34.8 Å². The molecule has 2 aromatic rings. The maximum absolute atomic E-state index is 10.5. The molecule has 1 atom stereocenters. The molecule has 0 aromatic heterocycles. The minimum absolute atomic E-state index is 0.553. The van der Waals surface area contributed by atoms with Crippen LogP contribution >= 0.6 is 11.6 Å². The van der Waals surface area contributed by atoms with Gasteiger partial charge in [0.1, 0.15) is 11.9 Å². The van der Waals surface area contributed by atoms with E-state index in [9.17, 15) is 5.11 Å². The van der Waals surface area contributed by atoms with Gasteiger partial charge in [0, 0.05) is 0 Å². The second kappa shape index (κ2) is 5.47. The van der Waals surface area contributed by atoms with E-state index >= 15 is 0 Å². The Morgan fingerprint density at radius 1 is 1.05 bits per heavy atom. The number of hydrogen-bond donors (Lipinski definition) is 1. The molecule has 0 saturated heterocycles. The zero-order valence-corrected chi connectivity index (χ0v) is 12.2. The van der Waals surface area contributed by atoms with Crippen LogP contribution < -0.4 is 4.74 Å². The first-order chi connectivity index (χ1) is 9.69. The van der Waals surface area contributed by atoms with Crippen molar-refractivity contribution >= 4 is 11.6 Å². The largest absolute Gasteiger partial charge is 0.495 e. The van der Waals surface area contributed by atoms with Crippen molar-refractivity contribution in [3.8, 4) is 5.75 Å². The van der Waals surface area contributed by atoms with Crippen LogP contribution in [0.15, 0.2) is 36.4 Å². The normalized spacial score (nSPS) is 14.9. The Morgan fingerprint density at radius 2 is 1.75 bits per heavy atom. The molecule has 0 radical (unpaired) electrons. The van der Waals surface area contributed by atoms with Gasteiger partial charge in [0.2, 0.25) is 0 Å². The Bertz CT molecular complexity index is 626. The Labute approximate surface area is 124 Å². The van der Waals surface area contributed by atoms with Crippen molar-refractivity contribution in [2.24, 2.45) is 0 Å². The number of aryl methyl sites for hydroxylation is 2. The third kappa shape index (κ3) is 2.41. The number of methoxy groups -OCH3 is 1. The number of ether oxygens (including phenoxy) is 1. The molecule has 1 aliphatic carbocycles. The van der Waals surface area contributed by atoms with Crippen molar-refractivity contribution in [2.45, 2.75) is 25.4 Å². The zero-order chi connectivity index (χ0) is 14.1. The molecule has 3 heteroatoms. The number of rotatable bonds is 3. The van der Waals surface area contributed by atoms with Crippen molar-refractivity contribution < 1.29 is 9.84 Å². The van der Waals surface area contributed by atoms with E-state index < -0.39 is 6.10 Å². The van der Waals surface area contributed by atoms with Gasteiger partial charge in [-0.3, -0.25) is 0 Å². The predicted molar refractivity (Wildman–Crippen MR) is 80.5 cm³/mol. The standard InChI is InChI=1S/C17H17ClO2/c1-20-16-10-14(7-8-15(16)18)17(19)13-6-5-11-3-2-4-12(11)9-13/h5-10,17,19H,2-4H2,1H3. The number of halogens is 1. The van der Waals surface area contributed by atoms with Crippen molar-refractivity contribution in [1.82, 2.24) is 0 Å². The average Bonchev–Trinajstić information content (AvgIpc) is 2.94. The molecule has 104 valence electrons. The number of aliphatic hydroxyl groups is 1. The van der Waals surface area contributed by atoms with Crippen LogP contribution in [0.25, 0.3) is 0 Å². The Hall–Kier alpha value is -1.51. The molecule has 0 saturated carbocycles. The van der Waals surface area contributed by atoms with Gasteiger partial charge in [-0.05, 0) is 53.6 Å². The van der Waals surface area contributed by atoms with E-state index in [4.69, 9.17) is 16.3 Å². The molecular weight excluding hydrogens is 272 g/mol. The highest BCUT2D eigenvalue weighted by atomic mass is 35.5. The van der Waals surface area contributed by atoms with Crippen LogP contribution in [-0.4, -0.2) is 12.2 Å². The van der Waals surface area contributed by atoms with E-state index in [2.05, 4.69) is 12.1 Å². The van der Waals surface area contributed by atoms with Crippen molar-refractivity contribution in [3.63, 3.8) is 0 Å². The van der Waals surface area contributed by atoms with Gasteiger partial charge in [0.15, 0.2) is 0 Å². The maximum Gasteiger partial charge on any atom is 0.137 e. The minimum Gasteiger partial charge on any atom is -0.495 e. The summed E-state index contributed by atoms with van der Waals surface area (Å²) in [6.45, 7) is 0. The summed E-state index contributed by atoms with van der Waals surface area (Å²) >= 11 is 6.02. The maximum atomic E-state index is 10.5. The number of fused-ring (bicyclic) bond motifs is 1. The lowest BCUT2D eigenvalue weighted by Gasteiger charge is -2.14. The number of benzene rings is 2. The van der Waals surface area contributed by atoms with Gasteiger partial charge in [-0.2, -0.15) is 0 Å². The van der Waals surface area contributed by atoms with E-state index in [1.165, 1.54) is 17.5 Å². The lowest BCUT2D eigenvalue weighted by Crippen LogP contribution is -2.01. The first kappa shape index (κ1) is 13.5. The highest BCUT2D eigenvalue weighted by molar-refractivity contribution is 6.32. The summed E-state index contributed by atoms with van der Waals surface area (Å²) < 4.78 is 5.20. The molecule has 0 bridgehead atoms. The molecule has 20 heavy (non-hydrogen) atoms. The molecule has 2 nitrogen and oxygen atoms in total. The Balaban J connectivity index is 1.94. The van der Waals surface area contributed by atoms with Gasteiger partial charge in [-0.1, -0.05) is 35.9 Å². The topological polar surface area (TPSA) is 29.5 Å². The monoisotopic (exact) mass is 288 g/mol. The van der Waals surface area contributed by atoms with Gasteiger partial charge in [-0.15, -0.1) is 0 Å².